The Morgan fingerprint density at radius 3 is 2.44 bits per heavy atom. The van der Waals surface area contributed by atoms with Crippen molar-refractivity contribution < 1.29 is 14.6 Å². The lowest BCUT2D eigenvalue weighted by Crippen LogP contribution is -2.17. The second-order valence-electron chi connectivity index (χ2n) is 5.29. The van der Waals surface area contributed by atoms with Crippen LogP contribution in [0.5, 0.6) is 11.5 Å². The third-order valence-electron chi connectivity index (χ3n) is 3.74. The zero-order valence-corrected chi connectivity index (χ0v) is 11.0. The summed E-state index contributed by atoms with van der Waals surface area (Å²) in [4.78, 5) is 0. The van der Waals surface area contributed by atoms with E-state index in [1.165, 1.54) is 12.8 Å². The number of fused-ring (bicyclic) bond motifs is 1. The zero-order valence-electron chi connectivity index (χ0n) is 10.2. The maximum atomic E-state index is 8.88. The Kier molecular flexibility index (Phi) is 3.12. The standard InChI is InChI=1S/C14H17ClO3/c15-11-7-13-12(6-10(11)2-1-5-16)17-8-14(3-4-14)9-18-13/h6-7,16H,1-5,8-9H2. The Hall–Kier alpha value is -0.930. The van der Waals surface area contributed by atoms with Gasteiger partial charge in [0.05, 0.1) is 13.2 Å². The van der Waals surface area contributed by atoms with Gasteiger partial charge in [-0.05, 0) is 37.3 Å². The van der Waals surface area contributed by atoms with Gasteiger partial charge in [0.25, 0.3) is 0 Å². The van der Waals surface area contributed by atoms with E-state index in [4.69, 9.17) is 26.2 Å². The lowest BCUT2D eigenvalue weighted by Gasteiger charge is -2.11. The fourth-order valence-corrected chi connectivity index (χ4v) is 2.48. The Bertz CT molecular complexity index is 455. The average Bonchev–Trinajstić information content (AvgIpc) is 3.16. The Labute approximate surface area is 112 Å². The first-order valence-corrected chi connectivity index (χ1v) is 6.79. The summed E-state index contributed by atoms with van der Waals surface area (Å²) in [6.07, 6.45) is 3.85. The van der Waals surface area contributed by atoms with Crippen LogP contribution in [0.2, 0.25) is 5.02 Å². The van der Waals surface area contributed by atoms with Crippen LogP contribution >= 0.6 is 11.6 Å². The van der Waals surface area contributed by atoms with Crippen molar-refractivity contribution in [3.05, 3.63) is 22.7 Å². The molecule has 0 saturated heterocycles. The van der Waals surface area contributed by atoms with Crippen LogP contribution in [-0.4, -0.2) is 24.9 Å². The fraction of sp³-hybridized carbons (Fsp3) is 0.571. The summed E-state index contributed by atoms with van der Waals surface area (Å²) in [6.45, 7) is 1.64. The highest BCUT2D eigenvalue weighted by Crippen LogP contribution is 2.49. The average molecular weight is 269 g/mol. The minimum absolute atomic E-state index is 0.174. The van der Waals surface area contributed by atoms with Crippen molar-refractivity contribution in [2.75, 3.05) is 19.8 Å². The van der Waals surface area contributed by atoms with Gasteiger partial charge in [0.1, 0.15) is 0 Å². The van der Waals surface area contributed by atoms with E-state index in [1.54, 1.807) is 0 Å². The first-order chi connectivity index (χ1) is 8.72. The molecule has 1 saturated carbocycles. The largest absolute Gasteiger partial charge is 0.489 e. The maximum absolute atomic E-state index is 8.88. The van der Waals surface area contributed by atoms with E-state index in [2.05, 4.69) is 0 Å². The van der Waals surface area contributed by atoms with Gasteiger partial charge in [0.2, 0.25) is 0 Å². The third kappa shape index (κ3) is 2.29. The van der Waals surface area contributed by atoms with Crippen LogP contribution in [0.4, 0.5) is 0 Å². The van der Waals surface area contributed by atoms with Gasteiger partial charge < -0.3 is 14.6 Å². The molecule has 98 valence electrons. The summed E-state index contributed by atoms with van der Waals surface area (Å²) < 4.78 is 11.7. The Balaban J connectivity index is 1.83. The molecule has 1 fully saturated rings. The van der Waals surface area contributed by atoms with Gasteiger partial charge in [0, 0.05) is 23.1 Å². The van der Waals surface area contributed by atoms with Crippen molar-refractivity contribution in [3.8, 4) is 11.5 Å². The number of aryl methyl sites for hydroxylation is 1. The van der Waals surface area contributed by atoms with E-state index in [-0.39, 0.29) is 12.0 Å². The van der Waals surface area contributed by atoms with Gasteiger partial charge in [-0.1, -0.05) is 11.6 Å². The van der Waals surface area contributed by atoms with Gasteiger partial charge in [-0.3, -0.25) is 0 Å². The van der Waals surface area contributed by atoms with Gasteiger partial charge in [0.15, 0.2) is 11.5 Å². The predicted octanol–water partition coefficient (Wildman–Crippen LogP) is 2.82. The SMILES string of the molecule is OCCCc1cc2c(cc1Cl)OCC1(CC1)CO2. The topological polar surface area (TPSA) is 38.7 Å². The van der Waals surface area contributed by atoms with Crippen LogP contribution in [0.15, 0.2) is 12.1 Å². The predicted molar refractivity (Wildman–Crippen MR) is 69.5 cm³/mol. The molecule has 1 heterocycles. The summed E-state index contributed by atoms with van der Waals surface area (Å²) in [7, 11) is 0. The lowest BCUT2D eigenvalue weighted by molar-refractivity contribution is 0.197. The van der Waals surface area contributed by atoms with E-state index in [1.807, 2.05) is 12.1 Å². The number of hydrogen-bond donors (Lipinski definition) is 1. The van der Waals surface area contributed by atoms with Gasteiger partial charge in [-0.25, -0.2) is 0 Å². The monoisotopic (exact) mass is 268 g/mol. The molecule has 1 aromatic carbocycles. The first kappa shape index (κ1) is 12.1. The quantitative estimate of drug-likeness (QED) is 0.916. The Morgan fingerprint density at radius 2 is 1.83 bits per heavy atom. The number of aliphatic hydroxyl groups is 1. The normalized spacial score (nSPS) is 19.7. The first-order valence-electron chi connectivity index (χ1n) is 6.41. The summed E-state index contributed by atoms with van der Waals surface area (Å²) >= 11 is 6.22. The fourth-order valence-electron chi connectivity index (χ4n) is 2.23. The van der Waals surface area contributed by atoms with Crippen LogP contribution in [-0.2, 0) is 6.42 Å². The number of rotatable bonds is 3. The van der Waals surface area contributed by atoms with E-state index in [0.29, 0.717) is 11.4 Å². The summed E-state index contributed by atoms with van der Waals surface area (Å²) in [5.74, 6) is 1.53. The molecule has 1 spiro atoms. The molecule has 0 unspecified atom stereocenters. The molecule has 0 bridgehead atoms. The van der Waals surface area contributed by atoms with Crippen molar-refractivity contribution in [2.24, 2.45) is 5.41 Å². The van der Waals surface area contributed by atoms with Crippen LogP contribution < -0.4 is 9.47 Å². The van der Waals surface area contributed by atoms with Crippen LogP contribution in [0, 0.1) is 5.41 Å². The van der Waals surface area contributed by atoms with E-state index in [9.17, 15) is 0 Å². The number of halogens is 1. The van der Waals surface area contributed by atoms with Crippen LogP contribution in [0.1, 0.15) is 24.8 Å². The summed E-state index contributed by atoms with van der Waals surface area (Å²) in [6, 6.07) is 3.79. The zero-order chi connectivity index (χ0) is 12.6. The van der Waals surface area contributed by atoms with E-state index >= 15 is 0 Å². The molecule has 3 nitrogen and oxygen atoms in total. The molecule has 3 rings (SSSR count). The third-order valence-corrected chi connectivity index (χ3v) is 4.09. The van der Waals surface area contributed by atoms with Gasteiger partial charge in [-0.15, -0.1) is 0 Å². The van der Waals surface area contributed by atoms with Gasteiger partial charge >= 0.3 is 0 Å². The molecule has 0 radical (unpaired) electrons. The highest BCUT2D eigenvalue weighted by molar-refractivity contribution is 6.31. The summed E-state index contributed by atoms with van der Waals surface area (Å²) in [5, 5.41) is 9.57. The number of hydrogen-bond acceptors (Lipinski definition) is 3. The smallest absolute Gasteiger partial charge is 0.162 e. The molecule has 4 heteroatoms. The van der Waals surface area contributed by atoms with Crippen molar-refractivity contribution in [3.63, 3.8) is 0 Å². The lowest BCUT2D eigenvalue weighted by atomic mass is 10.1. The molecule has 1 aliphatic carbocycles. The van der Waals surface area contributed by atoms with Gasteiger partial charge in [-0.2, -0.15) is 0 Å². The van der Waals surface area contributed by atoms with E-state index in [0.717, 1.165) is 36.7 Å². The van der Waals surface area contributed by atoms with Crippen LogP contribution in [0.25, 0.3) is 0 Å². The minimum atomic E-state index is 0.174. The highest BCUT2D eigenvalue weighted by Gasteiger charge is 2.46. The van der Waals surface area contributed by atoms with Crippen molar-refractivity contribution in [2.45, 2.75) is 25.7 Å². The molecule has 0 amide bonds. The molecule has 0 aromatic heterocycles. The summed E-state index contributed by atoms with van der Waals surface area (Å²) in [5.41, 5.74) is 1.26. The second-order valence-corrected chi connectivity index (χ2v) is 5.70. The van der Waals surface area contributed by atoms with Crippen molar-refractivity contribution >= 4 is 11.6 Å². The number of benzene rings is 1. The van der Waals surface area contributed by atoms with E-state index < -0.39 is 0 Å². The molecular weight excluding hydrogens is 252 g/mol. The molecule has 1 N–H and O–H groups in total. The van der Waals surface area contributed by atoms with Crippen molar-refractivity contribution in [1.29, 1.82) is 0 Å². The number of ether oxygens (including phenoxy) is 2. The molecule has 1 aromatic rings. The molecule has 0 atom stereocenters. The molecular formula is C14H17ClO3. The minimum Gasteiger partial charge on any atom is -0.489 e. The van der Waals surface area contributed by atoms with Crippen LogP contribution in [0.3, 0.4) is 0 Å². The highest BCUT2D eigenvalue weighted by atomic mass is 35.5. The second kappa shape index (κ2) is 4.63. The molecule has 1 aliphatic heterocycles. The molecule has 18 heavy (non-hydrogen) atoms. The number of aliphatic hydroxyl groups excluding tert-OH is 1. The Morgan fingerprint density at radius 1 is 1.17 bits per heavy atom. The molecule has 2 aliphatic rings. The van der Waals surface area contributed by atoms with Crippen molar-refractivity contribution in [1.82, 2.24) is 0 Å². The maximum Gasteiger partial charge on any atom is 0.162 e.